The summed E-state index contributed by atoms with van der Waals surface area (Å²) in [5.74, 6) is -1.83. The molecule has 6 nitrogen and oxygen atoms in total. The van der Waals surface area contributed by atoms with Gasteiger partial charge in [-0.3, -0.25) is 4.79 Å². The average molecular weight is 446 g/mol. The number of sulfonamides is 1. The number of carbonyl (C=O) groups is 1. The Kier molecular flexibility index (Phi) is 6.67. The van der Waals surface area contributed by atoms with Gasteiger partial charge in [0, 0.05) is 17.8 Å². The molecule has 0 saturated carbocycles. The zero-order valence-corrected chi connectivity index (χ0v) is 17.6. The molecule has 3 aromatic rings. The smallest absolute Gasteiger partial charge is 0.258 e. The van der Waals surface area contributed by atoms with Crippen molar-refractivity contribution in [2.75, 3.05) is 12.4 Å². The maximum Gasteiger partial charge on any atom is 0.258 e. The van der Waals surface area contributed by atoms with Crippen molar-refractivity contribution in [3.63, 3.8) is 0 Å². The van der Waals surface area contributed by atoms with E-state index in [1.807, 2.05) is 0 Å². The number of methoxy groups -OCH3 is 1. The molecule has 0 unspecified atom stereocenters. The molecule has 0 radical (unpaired) electrons. The van der Waals surface area contributed by atoms with Crippen LogP contribution in [0.4, 0.5) is 14.5 Å². The molecule has 162 valence electrons. The van der Waals surface area contributed by atoms with Crippen molar-refractivity contribution in [1.82, 2.24) is 4.72 Å². The Labute approximate surface area is 178 Å². The van der Waals surface area contributed by atoms with Gasteiger partial charge >= 0.3 is 0 Å². The number of anilines is 1. The SMILES string of the molecule is COc1ccccc1CNS(=O)(=O)c1ccc(F)c(C(=O)Nc2ccc(C)c(F)c2)c1. The topological polar surface area (TPSA) is 84.5 Å². The van der Waals surface area contributed by atoms with E-state index in [1.165, 1.54) is 19.2 Å². The lowest BCUT2D eigenvalue weighted by molar-refractivity contribution is 0.102. The molecule has 2 N–H and O–H groups in total. The lowest BCUT2D eigenvalue weighted by atomic mass is 10.1. The number of carbonyl (C=O) groups excluding carboxylic acids is 1. The molecule has 31 heavy (non-hydrogen) atoms. The summed E-state index contributed by atoms with van der Waals surface area (Å²) in [6, 6.07) is 13.8. The fraction of sp³-hybridized carbons (Fsp3) is 0.136. The minimum atomic E-state index is -4.05. The molecule has 0 heterocycles. The lowest BCUT2D eigenvalue weighted by Gasteiger charge is -2.12. The lowest BCUT2D eigenvalue weighted by Crippen LogP contribution is -2.24. The van der Waals surface area contributed by atoms with Gasteiger partial charge in [0.1, 0.15) is 17.4 Å². The standard InChI is InChI=1S/C22H20F2N2O4S/c1-14-7-8-16(11-20(14)24)26-22(27)18-12-17(9-10-19(18)23)31(28,29)25-13-15-5-3-4-6-21(15)30-2/h3-12,25H,13H2,1-2H3,(H,26,27). The highest BCUT2D eigenvalue weighted by molar-refractivity contribution is 7.89. The summed E-state index contributed by atoms with van der Waals surface area (Å²) in [6.07, 6.45) is 0. The van der Waals surface area contributed by atoms with E-state index in [-0.39, 0.29) is 17.1 Å². The fourth-order valence-corrected chi connectivity index (χ4v) is 3.85. The Morgan fingerprint density at radius 3 is 2.45 bits per heavy atom. The van der Waals surface area contributed by atoms with Gasteiger partial charge in [-0.15, -0.1) is 0 Å². The molecular weight excluding hydrogens is 426 g/mol. The van der Waals surface area contributed by atoms with Crippen molar-refractivity contribution in [3.05, 3.63) is 89.0 Å². The Bertz CT molecular complexity index is 1230. The number of aryl methyl sites for hydroxylation is 1. The third kappa shape index (κ3) is 5.25. The van der Waals surface area contributed by atoms with E-state index < -0.39 is 33.1 Å². The largest absolute Gasteiger partial charge is 0.496 e. The number of hydrogen-bond donors (Lipinski definition) is 2. The number of halogens is 2. The molecule has 0 atom stereocenters. The van der Waals surface area contributed by atoms with Crippen molar-refractivity contribution in [3.8, 4) is 5.75 Å². The molecule has 0 saturated heterocycles. The molecule has 1 amide bonds. The minimum absolute atomic E-state index is 0.0616. The summed E-state index contributed by atoms with van der Waals surface area (Å²) in [6.45, 7) is 1.50. The zero-order chi connectivity index (χ0) is 22.6. The molecule has 0 aliphatic carbocycles. The van der Waals surface area contributed by atoms with Gasteiger partial charge in [-0.25, -0.2) is 21.9 Å². The Morgan fingerprint density at radius 1 is 1.00 bits per heavy atom. The molecule has 0 fully saturated rings. The number of nitrogens with one attached hydrogen (secondary N) is 2. The first-order valence-electron chi connectivity index (χ1n) is 9.20. The predicted octanol–water partition coefficient (Wildman–Crippen LogP) is 4.01. The molecule has 0 aromatic heterocycles. The van der Waals surface area contributed by atoms with Gasteiger partial charge in [-0.05, 0) is 48.9 Å². The molecule has 3 aromatic carbocycles. The van der Waals surface area contributed by atoms with Crippen molar-refractivity contribution < 1.29 is 26.7 Å². The van der Waals surface area contributed by atoms with Crippen LogP contribution >= 0.6 is 0 Å². The van der Waals surface area contributed by atoms with Crippen LogP contribution in [0.1, 0.15) is 21.5 Å². The van der Waals surface area contributed by atoms with Crippen LogP contribution in [-0.4, -0.2) is 21.4 Å². The van der Waals surface area contributed by atoms with Crippen molar-refractivity contribution in [1.29, 1.82) is 0 Å². The highest BCUT2D eigenvalue weighted by atomic mass is 32.2. The summed E-state index contributed by atoms with van der Waals surface area (Å²) in [5, 5.41) is 2.37. The van der Waals surface area contributed by atoms with Crippen molar-refractivity contribution >= 4 is 21.6 Å². The summed E-state index contributed by atoms with van der Waals surface area (Å²) in [4.78, 5) is 12.2. The average Bonchev–Trinajstić information content (AvgIpc) is 2.75. The van der Waals surface area contributed by atoms with Gasteiger partial charge in [-0.1, -0.05) is 24.3 Å². The number of rotatable bonds is 7. The van der Waals surface area contributed by atoms with E-state index in [2.05, 4.69) is 10.0 Å². The monoisotopic (exact) mass is 446 g/mol. The Hall–Kier alpha value is -3.30. The molecular formula is C22H20F2N2O4S. The second-order valence-corrected chi connectivity index (χ2v) is 8.46. The third-order valence-electron chi connectivity index (χ3n) is 4.57. The van der Waals surface area contributed by atoms with E-state index in [0.29, 0.717) is 16.9 Å². The first-order chi connectivity index (χ1) is 14.7. The summed E-state index contributed by atoms with van der Waals surface area (Å²) in [7, 11) is -2.58. The van der Waals surface area contributed by atoms with E-state index in [4.69, 9.17) is 4.74 Å². The fourth-order valence-electron chi connectivity index (χ4n) is 2.82. The second-order valence-electron chi connectivity index (χ2n) is 6.70. The number of ether oxygens (including phenoxy) is 1. The highest BCUT2D eigenvalue weighted by Crippen LogP contribution is 2.21. The maximum absolute atomic E-state index is 14.2. The van der Waals surface area contributed by atoms with Crippen LogP contribution in [0.3, 0.4) is 0 Å². The quantitative estimate of drug-likeness (QED) is 0.574. The van der Waals surface area contributed by atoms with Gasteiger partial charge in [0.05, 0.1) is 17.6 Å². The second kappa shape index (κ2) is 9.23. The molecule has 9 heteroatoms. The first-order valence-corrected chi connectivity index (χ1v) is 10.7. The van der Waals surface area contributed by atoms with E-state index in [1.54, 1.807) is 31.2 Å². The zero-order valence-electron chi connectivity index (χ0n) is 16.8. The normalized spacial score (nSPS) is 11.2. The highest BCUT2D eigenvalue weighted by Gasteiger charge is 2.20. The van der Waals surface area contributed by atoms with E-state index in [9.17, 15) is 22.0 Å². The first kappa shape index (κ1) is 22.4. The van der Waals surface area contributed by atoms with E-state index in [0.717, 1.165) is 24.3 Å². The van der Waals surface area contributed by atoms with Gasteiger partial charge in [0.25, 0.3) is 5.91 Å². The summed E-state index contributed by atoms with van der Waals surface area (Å²) < 4.78 is 60.9. The van der Waals surface area contributed by atoms with Gasteiger partial charge < -0.3 is 10.1 Å². The Balaban J connectivity index is 1.81. The molecule has 0 aliphatic rings. The molecule has 3 rings (SSSR count). The van der Waals surface area contributed by atoms with E-state index >= 15 is 0 Å². The number of para-hydroxylation sites is 1. The molecule has 0 spiro atoms. The summed E-state index contributed by atoms with van der Waals surface area (Å²) in [5.41, 5.74) is 0.629. The van der Waals surface area contributed by atoms with Crippen LogP contribution in [0, 0.1) is 18.6 Å². The minimum Gasteiger partial charge on any atom is -0.496 e. The van der Waals surface area contributed by atoms with Crippen molar-refractivity contribution in [2.45, 2.75) is 18.4 Å². The van der Waals surface area contributed by atoms with Gasteiger partial charge in [0.15, 0.2) is 0 Å². The van der Waals surface area contributed by atoms with Crippen LogP contribution in [0.15, 0.2) is 65.6 Å². The maximum atomic E-state index is 14.2. The van der Waals surface area contributed by atoms with Crippen LogP contribution in [-0.2, 0) is 16.6 Å². The van der Waals surface area contributed by atoms with Crippen LogP contribution in [0.2, 0.25) is 0 Å². The van der Waals surface area contributed by atoms with Crippen molar-refractivity contribution in [2.24, 2.45) is 0 Å². The molecule has 0 aliphatic heterocycles. The van der Waals surface area contributed by atoms with Crippen LogP contribution in [0.5, 0.6) is 5.75 Å². The molecule has 0 bridgehead atoms. The predicted molar refractivity (Wildman–Crippen MR) is 113 cm³/mol. The van der Waals surface area contributed by atoms with Crippen LogP contribution < -0.4 is 14.8 Å². The Morgan fingerprint density at radius 2 is 1.74 bits per heavy atom. The number of benzene rings is 3. The van der Waals surface area contributed by atoms with Crippen LogP contribution in [0.25, 0.3) is 0 Å². The number of amides is 1. The summed E-state index contributed by atoms with van der Waals surface area (Å²) >= 11 is 0. The number of hydrogen-bond acceptors (Lipinski definition) is 4. The van der Waals surface area contributed by atoms with Gasteiger partial charge in [-0.2, -0.15) is 0 Å². The van der Waals surface area contributed by atoms with Gasteiger partial charge in [0.2, 0.25) is 10.0 Å². The third-order valence-corrected chi connectivity index (χ3v) is 5.97.